The second-order valence-corrected chi connectivity index (χ2v) is 3.00. The first kappa shape index (κ1) is 10.9. The molecular weight excluding hydrogens is 176 g/mol. The second kappa shape index (κ2) is 6.27. The number of ether oxygens (including phenoxy) is 1. The number of para-hydroxylation sites is 2. The molecule has 3 N–H and O–H groups in total. The summed E-state index contributed by atoms with van der Waals surface area (Å²) in [4.78, 5) is 0. The topological polar surface area (TPSA) is 47.3 Å². The highest BCUT2D eigenvalue weighted by molar-refractivity contribution is 5.56. The second-order valence-electron chi connectivity index (χ2n) is 3.00. The van der Waals surface area contributed by atoms with Crippen LogP contribution in [-0.2, 0) is 0 Å². The van der Waals surface area contributed by atoms with Crippen molar-refractivity contribution in [3.8, 4) is 5.75 Å². The van der Waals surface area contributed by atoms with E-state index in [1.54, 1.807) is 0 Å². The maximum absolute atomic E-state index is 5.47. The molecule has 78 valence electrons. The Morgan fingerprint density at radius 2 is 2.14 bits per heavy atom. The van der Waals surface area contributed by atoms with Crippen LogP contribution in [0.25, 0.3) is 0 Å². The van der Waals surface area contributed by atoms with Gasteiger partial charge >= 0.3 is 0 Å². The van der Waals surface area contributed by atoms with Crippen LogP contribution >= 0.6 is 0 Å². The molecule has 1 aromatic carbocycles. The standard InChI is InChI=1S/C11H18N2O/c1-2-14-11-7-4-3-6-10(11)13-9-5-8-12/h3-4,6-7,13H,2,5,8-9,12H2,1H3. The van der Waals surface area contributed by atoms with Gasteiger partial charge in [-0.25, -0.2) is 0 Å². The zero-order chi connectivity index (χ0) is 10.2. The summed E-state index contributed by atoms with van der Waals surface area (Å²) in [5.74, 6) is 0.909. The van der Waals surface area contributed by atoms with Crippen molar-refractivity contribution in [2.75, 3.05) is 25.0 Å². The molecule has 1 aromatic rings. The molecule has 0 radical (unpaired) electrons. The highest BCUT2D eigenvalue weighted by Gasteiger charge is 1.99. The van der Waals surface area contributed by atoms with E-state index in [9.17, 15) is 0 Å². The minimum atomic E-state index is 0.690. The average molecular weight is 194 g/mol. The number of hydrogen-bond donors (Lipinski definition) is 2. The number of anilines is 1. The smallest absolute Gasteiger partial charge is 0.142 e. The fraction of sp³-hybridized carbons (Fsp3) is 0.455. The van der Waals surface area contributed by atoms with E-state index in [1.807, 2.05) is 31.2 Å². The van der Waals surface area contributed by atoms with E-state index in [2.05, 4.69) is 5.32 Å². The van der Waals surface area contributed by atoms with Gasteiger partial charge in [0.2, 0.25) is 0 Å². The SMILES string of the molecule is CCOc1ccccc1NCCCN. The van der Waals surface area contributed by atoms with Crippen molar-refractivity contribution in [1.29, 1.82) is 0 Å². The van der Waals surface area contributed by atoms with Crippen molar-refractivity contribution in [3.63, 3.8) is 0 Å². The number of rotatable bonds is 6. The summed E-state index contributed by atoms with van der Waals surface area (Å²) in [6, 6.07) is 7.95. The van der Waals surface area contributed by atoms with Gasteiger partial charge in [-0.05, 0) is 32.0 Å². The zero-order valence-electron chi connectivity index (χ0n) is 8.62. The zero-order valence-corrected chi connectivity index (χ0v) is 8.62. The lowest BCUT2D eigenvalue weighted by Gasteiger charge is -2.11. The van der Waals surface area contributed by atoms with Crippen LogP contribution in [0.5, 0.6) is 5.75 Å². The van der Waals surface area contributed by atoms with Crippen molar-refractivity contribution in [3.05, 3.63) is 24.3 Å². The predicted molar refractivity (Wildman–Crippen MR) is 59.8 cm³/mol. The van der Waals surface area contributed by atoms with Crippen LogP contribution in [0.15, 0.2) is 24.3 Å². The third-order valence-corrected chi connectivity index (χ3v) is 1.88. The van der Waals surface area contributed by atoms with E-state index in [4.69, 9.17) is 10.5 Å². The van der Waals surface area contributed by atoms with Gasteiger partial charge in [-0.3, -0.25) is 0 Å². The summed E-state index contributed by atoms with van der Waals surface area (Å²) in [5.41, 5.74) is 6.46. The first-order chi connectivity index (χ1) is 6.88. The van der Waals surface area contributed by atoms with E-state index in [0.717, 1.165) is 24.4 Å². The lowest BCUT2D eigenvalue weighted by Crippen LogP contribution is -2.09. The molecule has 0 unspecified atom stereocenters. The van der Waals surface area contributed by atoms with Crippen molar-refractivity contribution in [2.45, 2.75) is 13.3 Å². The lowest BCUT2D eigenvalue weighted by atomic mass is 10.3. The van der Waals surface area contributed by atoms with Gasteiger partial charge in [0.15, 0.2) is 0 Å². The molecule has 0 fully saturated rings. The molecule has 14 heavy (non-hydrogen) atoms. The van der Waals surface area contributed by atoms with Crippen molar-refractivity contribution in [1.82, 2.24) is 0 Å². The summed E-state index contributed by atoms with van der Waals surface area (Å²) >= 11 is 0. The Morgan fingerprint density at radius 3 is 2.86 bits per heavy atom. The Balaban J connectivity index is 2.55. The van der Waals surface area contributed by atoms with E-state index in [-0.39, 0.29) is 0 Å². The number of nitrogens with two attached hydrogens (primary N) is 1. The van der Waals surface area contributed by atoms with Crippen LogP contribution < -0.4 is 15.8 Å². The first-order valence-corrected chi connectivity index (χ1v) is 5.04. The quantitative estimate of drug-likeness (QED) is 0.679. The molecule has 0 aliphatic carbocycles. The molecule has 1 rings (SSSR count). The summed E-state index contributed by atoms with van der Waals surface area (Å²) in [5, 5.41) is 3.29. The van der Waals surface area contributed by atoms with Gasteiger partial charge in [-0.2, -0.15) is 0 Å². The summed E-state index contributed by atoms with van der Waals surface area (Å²) in [7, 11) is 0. The lowest BCUT2D eigenvalue weighted by molar-refractivity contribution is 0.341. The predicted octanol–water partition coefficient (Wildman–Crippen LogP) is 1.85. The van der Waals surface area contributed by atoms with Gasteiger partial charge in [-0.15, -0.1) is 0 Å². The van der Waals surface area contributed by atoms with Crippen LogP contribution in [0, 0.1) is 0 Å². The van der Waals surface area contributed by atoms with Gasteiger partial charge in [0.1, 0.15) is 5.75 Å². The normalized spacial score (nSPS) is 9.86. The summed E-state index contributed by atoms with van der Waals surface area (Å²) in [6.45, 7) is 4.27. The van der Waals surface area contributed by atoms with Gasteiger partial charge in [0.05, 0.1) is 12.3 Å². The fourth-order valence-electron chi connectivity index (χ4n) is 1.22. The van der Waals surface area contributed by atoms with Crippen molar-refractivity contribution < 1.29 is 4.74 Å². The van der Waals surface area contributed by atoms with Crippen molar-refractivity contribution in [2.24, 2.45) is 5.73 Å². The Bertz CT molecular complexity index is 263. The van der Waals surface area contributed by atoms with Gasteiger partial charge < -0.3 is 15.8 Å². The molecule has 0 bridgehead atoms. The molecular formula is C11H18N2O. The Labute approximate surface area is 85.3 Å². The van der Waals surface area contributed by atoms with Crippen molar-refractivity contribution >= 4 is 5.69 Å². The number of hydrogen-bond acceptors (Lipinski definition) is 3. The van der Waals surface area contributed by atoms with Gasteiger partial charge in [0.25, 0.3) is 0 Å². The molecule has 0 atom stereocenters. The summed E-state index contributed by atoms with van der Waals surface area (Å²) < 4.78 is 5.47. The molecule has 3 heteroatoms. The van der Waals surface area contributed by atoms with E-state index in [0.29, 0.717) is 13.2 Å². The third kappa shape index (κ3) is 3.26. The first-order valence-electron chi connectivity index (χ1n) is 5.04. The highest BCUT2D eigenvalue weighted by Crippen LogP contribution is 2.23. The number of benzene rings is 1. The van der Waals surface area contributed by atoms with Gasteiger partial charge in [-0.1, -0.05) is 12.1 Å². The molecule has 0 heterocycles. The summed E-state index contributed by atoms with van der Waals surface area (Å²) in [6.07, 6.45) is 0.973. The third-order valence-electron chi connectivity index (χ3n) is 1.88. The Kier molecular flexibility index (Phi) is 4.86. The van der Waals surface area contributed by atoms with Gasteiger partial charge in [0, 0.05) is 6.54 Å². The molecule has 0 saturated carbocycles. The number of nitrogens with one attached hydrogen (secondary N) is 1. The monoisotopic (exact) mass is 194 g/mol. The highest BCUT2D eigenvalue weighted by atomic mass is 16.5. The van der Waals surface area contributed by atoms with Crippen LogP contribution in [0.4, 0.5) is 5.69 Å². The Hall–Kier alpha value is -1.22. The molecule has 0 saturated heterocycles. The molecule has 0 amide bonds. The Morgan fingerprint density at radius 1 is 1.36 bits per heavy atom. The minimum Gasteiger partial charge on any atom is -0.492 e. The molecule has 0 aliphatic rings. The van der Waals surface area contributed by atoms with Crippen LogP contribution in [-0.4, -0.2) is 19.7 Å². The van der Waals surface area contributed by atoms with E-state index >= 15 is 0 Å². The minimum absolute atomic E-state index is 0.690. The molecule has 0 aromatic heterocycles. The molecule has 3 nitrogen and oxygen atoms in total. The largest absolute Gasteiger partial charge is 0.492 e. The molecule has 0 spiro atoms. The maximum atomic E-state index is 5.47. The van der Waals surface area contributed by atoms with E-state index in [1.165, 1.54) is 0 Å². The van der Waals surface area contributed by atoms with Crippen LogP contribution in [0.2, 0.25) is 0 Å². The van der Waals surface area contributed by atoms with Crippen LogP contribution in [0.1, 0.15) is 13.3 Å². The average Bonchev–Trinajstić information content (AvgIpc) is 2.21. The fourth-order valence-corrected chi connectivity index (χ4v) is 1.22. The van der Waals surface area contributed by atoms with E-state index < -0.39 is 0 Å². The van der Waals surface area contributed by atoms with Crippen LogP contribution in [0.3, 0.4) is 0 Å². The molecule has 0 aliphatic heterocycles. The maximum Gasteiger partial charge on any atom is 0.142 e.